The smallest absolute Gasteiger partial charge is 0.349 e. The fourth-order valence-electron chi connectivity index (χ4n) is 5.61. The molecule has 0 spiro atoms. The maximum Gasteiger partial charge on any atom is 0.349 e. The second-order valence-corrected chi connectivity index (χ2v) is 16.1. The third kappa shape index (κ3) is 6.55. The Hall–Kier alpha value is -4.89. The molecule has 0 saturated carbocycles. The zero-order valence-electron chi connectivity index (χ0n) is 26.6. The molecule has 0 fully saturated rings. The molecule has 2 heterocycles. The molecule has 236 valence electrons. The van der Waals surface area contributed by atoms with Gasteiger partial charge in [-0.2, -0.15) is 5.10 Å². The number of benzene rings is 3. The summed E-state index contributed by atoms with van der Waals surface area (Å²) in [6.07, 6.45) is 1.82. The average Bonchev–Trinajstić information content (AvgIpc) is 3.51. The molecule has 3 aromatic carbocycles. The Balaban J connectivity index is 1.32. The van der Waals surface area contributed by atoms with Crippen molar-refractivity contribution in [1.82, 2.24) is 19.7 Å². The Kier molecular flexibility index (Phi) is 9.92. The van der Waals surface area contributed by atoms with E-state index >= 15 is 0 Å². The molecule has 46 heavy (non-hydrogen) atoms. The molecule has 5 rings (SSSR count). The average molecular weight is 636 g/mol. The van der Waals surface area contributed by atoms with Gasteiger partial charge in [0.1, 0.15) is 11.7 Å². The van der Waals surface area contributed by atoms with E-state index in [9.17, 15) is 4.79 Å². The number of nitrogens with zero attached hydrogens (tertiary/aromatic N) is 5. The van der Waals surface area contributed by atoms with Gasteiger partial charge in [-0.05, 0) is 34.0 Å². The Labute approximate surface area is 269 Å². The number of aromatic nitrogens is 4. The minimum Gasteiger partial charge on any atom is -0.466 e. The van der Waals surface area contributed by atoms with Crippen LogP contribution in [-0.4, -0.2) is 67.1 Å². The summed E-state index contributed by atoms with van der Waals surface area (Å²) in [6.45, 7) is 16.4. The van der Waals surface area contributed by atoms with Gasteiger partial charge in [-0.1, -0.05) is 93.6 Å². The maximum absolute atomic E-state index is 12.8. The highest BCUT2D eigenvalue weighted by Gasteiger charge is 2.50. The summed E-state index contributed by atoms with van der Waals surface area (Å²) >= 11 is 0. The third-order valence-electron chi connectivity index (χ3n) is 7.83. The van der Waals surface area contributed by atoms with Crippen LogP contribution in [-0.2, 0) is 18.7 Å². The van der Waals surface area contributed by atoms with Gasteiger partial charge < -0.3 is 18.6 Å². The Morgan fingerprint density at radius 1 is 0.978 bits per heavy atom. The third-order valence-corrected chi connectivity index (χ3v) is 12.9. The lowest BCUT2D eigenvalue weighted by molar-refractivity contribution is -0.152. The summed E-state index contributed by atoms with van der Waals surface area (Å²) in [5, 5.41) is 7.16. The number of carbonyl (C=O) groups excluding carboxylic acids is 1. The Bertz CT molecular complexity index is 1790. The van der Waals surface area contributed by atoms with Crippen LogP contribution >= 0.6 is 0 Å². The van der Waals surface area contributed by atoms with Crippen molar-refractivity contribution in [2.75, 3.05) is 26.9 Å². The van der Waals surface area contributed by atoms with Crippen LogP contribution in [0.3, 0.4) is 0 Å². The van der Waals surface area contributed by atoms with Gasteiger partial charge in [0.15, 0.2) is 11.3 Å². The molecule has 0 radical (unpaired) electrons. The summed E-state index contributed by atoms with van der Waals surface area (Å²) < 4.78 is 25.6. The van der Waals surface area contributed by atoms with Crippen LogP contribution in [0.1, 0.15) is 26.3 Å². The van der Waals surface area contributed by atoms with Crippen LogP contribution in [0.4, 0.5) is 5.69 Å². The molecular weight excluding hydrogens is 599 g/mol. The fourth-order valence-corrected chi connectivity index (χ4v) is 10.2. The van der Waals surface area contributed by atoms with Crippen molar-refractivity contribution in [1.29, 1.82) is 0 Å². The molecule has 0 amide bonds. The van der Waals surface area contributed by atoms with Crippen LogP contribution in [0.2, 0.25) is 5.04 Å². The van der Waals surface area contributed by atoms with E-state index in [4.69, 9.17) is 25.2 Å². The molecule has 5 aromatic rings. The van der Waals surface area contributed by atoms with E-state index in [1.807, 2.05) is 49.4 Å². The molecule has 0 bridgehead atoms. The van der Waals surface area contributed by atoms with Gasteiger partial charge in [0.05, 0.1) is 45.4 Å². The van der Waals surface area contributed by atoms with Crippen LogP contribution in [0.15, 0.2) is 91.4 Å². The van der Waals surface area contributed by atoms with E-state index in [0.717, 1.165) is 5.56 Å². The number of fused-ring (bicyclic) bond motifs is 1. The number of ether oxygens (including phenoxy) is 3. The van der Waals surface area contributed by atoms with Crippen LogP contribution in [0.5, 0.6) is 5.88 Å². The topological polar surface area (TPSA) is 102 Å². The molecule has 2 aromatic heterocycles. The molecular formula is C35H37N5O5Si. The van der Waals surface area contributed by atoms with Crippen LogP contribution < -0.4 is 15.1 Å². The first kappa shape index (κ1) is 32.5. The molecule has 0 N–H and O–H groups in total. The number of aryl methyl sites for hydroxylation is 1. The summed E-state index contributed by atoms with van der Waals surface area (Å²) in [6, 6.07) is 26.1. The van der Waals surface area contributed by atoms with Gasteiger partial charge in [-0.15, -0.1) is 0 Å². The highest BCUT2D eigenvalue weighted by Crippen LogP contribution is 2.36. The lowest BCUT2D eigenvalue weighted by Crippen LogP contribution is -2.66. The van der Waals surface area contributed by atoms with Crippen molar-refractivity contribution in [3.63, 3.8) is 0 Å². The highest BCUT2D eigenvalue weighted by atomic mass is 28.4. The van der Waals surface area contributed by atoms with Crippen LogP contribution in [0.25, 0.3) is 21.6 Å². The minimum atomic E-state index is -2.73. The zero-order valence-corrected chi connectivity index (χ0v) is 27.6. The van der Waals surface area contributed by atoms with E-state index in [0.29, 0.717) is 29.0 Å². The Morgan fingerprint density at radius 2 is 1.65 bits per heavy atom. The number of rotatable bonds is 12. The first-order valence-electron chi connectivity index (χ1n) is 14.9. The lowest BCUT2D eigenvalue weighted by atomic mass is 10.2. The predicted molar refractivity (Wildman–Crippen MR) is 178 cm³/mol. The van der Waals surface area contributed by atoms with E-state index in [-0.39, 0.29) is 24.1 Å². The molecule has 0 aliphatic heterocycles. The van der Waals surface area contributed by atoms with Gasteiger partial charge in [-0.25, -0.2) is 24.3 Å². The lowest BCUT2D eigenvalue weighted by Gasteiger charge is -2.43. The zero-order chi connectivity index (χ0) is 32.7. The number of carbonyl (C=O) groups is 1. The number of methoxy groups -OCH3 is 1. The van der Waals surface area contributed by atoms with E-state index in [1.54, 1.807) is 23.0 Å². The molecule has 0 saturated heterocycles. The second-order valence-electron chi connectivity index (χ2n) is 11.8. The van der Waals surface area contributed by atoms with Crippen molar-refractivity contribution >= 4 is 41.4 Å². The van der Waals surface area contributed by atoms with Crippen molar-refractivity contribution < 1.29 is 23.4 Å². The number of hydrogen-bond donors (Lipinski definition) is 0. The van der Waals surface area contributed by atoms with Crippen LogP contribution in [0, 0.1) is 13.5 Å². The largest absolute Gasteiger partial charge is 0.466 e. The normalized spacial score (nSPS) is 12.4. The summed E-state index contributed by atoms with van der Waals surface area (Å²) in [4.78, 5) is 25.0. The standard InChI is InChI=1S/C35H37N5O5Si/c1-25-17-18-26(36-5)21-30(25)40-32-29(22-39-40)33(38-24-37-32)45-31(34(41)42-6)23-43-19-20-44-46(35(2,3)4,27-13-9-7-10-14-27)28-15-11-8-12-16-28/h7-18,21-22,24,31H,19-20,23H2,1-4,6H3/t31-/m0/s1. The van der Waals surface area contributed by atoms with Gasteiger partial charge in [-0.3, -0.25) is 0 Å². The molecule has 0 aliphatic rings. The van der Waals surface area contributed by atoms with Crippen molar-refractivity contribution in [3.05, 3.63) is 108 Å². The van der Waals surface area contributed by atoms with Crippen molar-refractivity contribution in [3.8, 4) is 11.6 Å². The molecule has 10 nitrogen and oxygen atoms in total. The van der Waals surface area contributed by atoms with Gasteiger partial charge in [0, 0.05) is 0 Å². The van der Waals surface area contributed by atoms with Gasteiger partial charge >= 0.3 is 5.97 Å². The molecule has 0 aliphatic carbocycles. The molecule has 11 heteroatoms. The predicted octanol–water partition coefficient (Wildman–Crippen LogP) is 5.19. The molecule has 0 unspecified atom stereocenters. The SMILES string of the molecule is [C-]#[N+]c1ccc(C)c(-n2ncc3c(O[C@@H](COCCO[Si](c4ccccc4)(c4ccccc4)C(C)(C)C)C(=O)OC)ncnc32)c1. The van der Waals surface area contributed by atoms with E-state index in [1.165, 1.54) is 23.8 Å². The summed E-state index contributed by atoms with van der Waals surface area (Å²) in [5.41, 5.74) is 2.58. The number of hydrogen-bond acceptors (Lipinski definition) is 8. The van der Waals surface area contributed by atoms with E-state index < -0.39 is 20.4 Å². The van der Waals surface area contributed by atoms with Gasteiger partial charge in [0.25, 0.3) is 8.32 Å². The molecule has 1 atom stereocenters. The number of esters is 1. The Morgan fingerprint density at radius 3 is 2.26 bits per heavy atom. The first-order valence-corrected chi connectivity index (χ1v) is 16.8. The highest BCUT2D eigenvalue weighted by molar-refractivity contribution is 6.99. The van der Waals surface area contributed by atoms with Crippen molar-refractivity contribution in [2.24, 2.45) is 0 Å². The summed E-state index contributed by atoms with van der Waals surface area (Å²) in [5.74, 6) is -0.439. The first-order chi connectivity index (χ1) is 22.2. The van der Waals surface area contributed by atoms with Crippen molar-refractivity contribution in [2.45, 2.75) is 38.8 Å². The maximum atomic E-state index is 12.8. The van der Waals surface area contributed by atoms with Gasteiger partial charge in [0.2, 0.25) is 12.0 Å². The minimum absolute atomic E-state index is 0.0808. The summed E-state index contributed by atoms with van der Waals surface area (Å²) in [7, 11) is -1.43. The van der Waals surface area contributed by atoms with E-state index in [2.05, 4.69) is 64.9 Å². The monoisotopic (exact) mass is 635 g/mol. The fraction of sp³-hybridized carbons (Fsp3) is 0.286. The second kappa shape index (κ2) is 14.0. The quantitative estimate of drug-likeness (QED) is 0.0800.